The summed E-state index contributed by atoms with van der Waals surface area (Å²) >= 11 is 14.5. The average molecular weight is 349 g/mol. The van der Waals surface area contributed by atoms with Crippen molar-refractivity contribution < 1.29 is 4.79 Å². The third kappa shape index (κ3) is 3.99. The summed E-state index contributed by atoms with van der Waals surface area (Å²) in [7, 11) is 0. The molecular formula is C11H10Cl2N4OS2. The minimum atomic E-state index is -0.223. The summed E-state index contributed by atoms with van der Waals surface area (Å²) in [6, 6.07) is 3.06. The summed E-state index contributed by atoms with van der Waals surface area (Å²) in [6.07, 6.45) is 0. The lowest BCUT2D eigenvalue weighted by Crippen LogP contribution is -2.15. The summed E-state index contributed by atoms with van der Waals surface area (Å²) in [5, 5.41) is 12.1. The lowest BCUT2D eigenvalue weighted by molar-refractivity contribution is -0.113. The number of hydrogen-bond donors (Lipinski definition) is 2. The Balaban J connectivity index is 1.98. The number of aryl methyl sites for hydroxylation is 1. The highest BCUT2D eigenvalue weighted by atomic mass is 35.5. The third-order valence-electron chi connectivity index (χ3n) is 2.18. The van der Waals surface area contributed by atoms with Gasteiger partial charge in [-0.05, 0) is 19.1 Å². The number of benzene rings is 1. The summed E-state index contributed by atoms with van der Waals surface area (Å²) in [5.74, 6) is -0.0219. The van der Waals surface area contributed by atoms with Crippen LogP contribution in [0.4, 0.5) is 11.4 Å². The monoisotopic (exact) mass is 348 g/mol. The number of carbonyl (C=O) groups excluding carboxylic acids is 1. The second-order valence-electron chi connectivity index (χ2n) is 3.78. The lowest BCUT2D eigenvalue weighted by atomic mass is 10.2. The fourth-order valence-electron chi connectivity index (χ4n) is 1.36. The number of rotatable bonds is 4. The van der Waals surface area contributed by atoms with E-state index in [4.69, 9.17) is 28.9 Å². The largest absolute Gasteiger partial charge is 0.397 e. The van der Waals surface area contributed by atoms with Gasteiger partial charge in [-0.3, -0.25) is 4.79 Å². The number of amides is 1. The van der Waals surface area contributed by atoms with Crippen LogP contribution in [0.3, 0.4) is 0 Å². The Labute approximate surface area is 133 Å². The highest BCUT2D eigenvalue weighted by Gasteiger charge is 2.12. The van der Waals surface area contributed by atoms with Gasteiger partial charge in [-0.2, -0.15) is 0 Å². The number of anilines is 2. The van der Waals surface area contributed by atoms with Crippen molar-refractivity contribution in [2.75, 3.05) is 16.8 Å². The maximum Gasteiger partial charge on any atom is 0.234 e. The highest BCUT2D eigenvalue weighted by molar-refractivity contribution is 8.01. The van der Waals surface area contributed by atoms with E-state index in [2.05, 4.69) is 15.5 Å². The predicted octanol–water partition coefficient (Wildman–Crippen LogP) is 3.47. The first-order chi connectivity index (χ1) is 9.45. The molecule has 1 aromatic heterocycles. The third-order valence-corrected chi connectivity index (χ3v) is 4.67. The van der Waals surface area contributed by atoms with Gasteiger partial charge in [0, 0.05) is 5.02 Å². The van der Waals surface area contributed by atoms with E-state index in [-0.39, 0.29) is 11.7 Å². The van der Waals surface area contributed by atoms with Crippen LogP contribution in [-0.2, 0) is 4.79 Å². The van der Waals surface area contributed by atoms with Crippen molar-refractivity contribution in [2.45, 2.75) is 11.3 Å². The molecule has 0 radical (unpaired) electrons. The van der Waals surface area contributed by atoms with Gasteiger partial charge in [-0.25, -0.2) is 0 Å². The van der Waals surface area contributed by atoms with Gasteiger partial charge >= 0.3 is 0 Å². The molecule has 0 spiro atoms. The Kier molecular flexibility index (Phi) is 5.09. The minimum Gasteiger partial charge on any atom is -0.397 e. The Morgan fingerprint density at radius 1 is 1.45 bits per heavy atom. The van der Waals surface area contributed by atoms with Crippen molar-refractivity contribution >= 4 is 63.6 Å². The predicted molar refractivity (Wildman–Crippen MR) is 84.9 cm³/mol. The molecule has 0 unspecified atom stereocenters. The van der Waals surface area contributed by atoms with Gasteiger partial charge in [-0.1, -0.05) is 46.3 Å². The molecule has 0 saturated carbocycles. The second kappa shape index (κ2) is 6.62. The van der Waals surface area contributed by atoms with Crippen LogP contribution in [0.15, 0.2) is 16.5 Å². The number of carbonyl (C=O) groups is 1. The molecule has 0 saturated heterocycles. The molecule has 1 heterocycles. The first-order valence-corrected chi connectivity index (χ1v) is 7.99. The number of nitrogens with two attached hydrogens (primary N) is 1. The van der Waals surface area contributed by atoms with Gasteiger partial charge < -0.3 is 11.1 Å². The van der Waals surface area contributed by atoms with Crippen LogP contribution in [0.25, 0.3) is 0 Å². The van der Waals surface area contributed by atoms with Gasteiger partial charge in [0.2, 0.25) is 5.91 Å². The van der Waals surface area contributed by atoms with Crippen LogP contribution < -0.4 is 11.1 Å². The number of thioether (sulfide) groups is 1. The van der Waals surface area contributed by atoms with Gasteiger partial charge in [0.05, 0.1) is 22.2 Å². The molecule has 0 bridgehead atoms. The Bertz CT molecular complexity index is 624. The first kappa shape index (κ1) is 15.4. The minimum absolute atomic E-state index is 0.201. The Hall–Kier alpha value is -1.02. The molecule has 9 heteroatoms. The maximum absolute atomic E-state index is 11.9. The van der Waals surface area contributed by atoms with E-state index in [1.54, 1.807) is 0 Å². The van der Waals surface area contributed by atoms with E-state index in [0.29, 0.717) is 21.4 Å². The summed E-state index contributed by atoms with van der Waals surface area (Å²) in [4.78, 5) is 11.9. The van der Waals surface area contributed by atoms with E-state index in [0.717, 1.165) is 9.35 Å². The molecule has 2 rings (SSSR count). The molecule has 5 nitrogen and oxygen atoms in total. The highest BCUT2D eigenvalue weighted by Crippen LogP contribution is 2.32. The van der Waals surface area contributed by atoms with Crippen molar-refractivity contribution in [3.8, 4) is 0 Å². The van der Waals surface area contributed by atoms with Crippen LogP contribution >= 0.6 is 46.3 Å². The maximum atomic E-state index is 11.9. The fourth-order valence-corrected chi connectivity index (χ4v) is 3.54. The van der Waals surface area contributed by atoms with Gasteiger partial charge in [0.1, 0.15) is 5.01 Å². The number of nitrogen functional groups attached to an aromatic ring is 1. The summed E-state index contributed by atoms with van der Waals surface area (Å²) in [6.45, 7) is 1.86. The second-order valence-corrected chi connectivity index (χ2v) is 7.02. The fraction of sp³-hybridized carbons (Fsp3) is 0.182. The number of halogens is 2. The first-order valence-electron chi connectivity index (χ1n) is 5.43. The molecule has 3 N–H and O–H groups in total. The van der Waals surface area contributed by atoms with Crippen molar-refractivity contribution in [1.82, 2.24) is 10.2 Å². The summed E-state index contributed by atoms with van der Waals surface area (Å²) in [5.41, 5.74) is 6.47. The molecule has 0 aliphatic rings. The zero-order valence-corrected chi connectivity index (χ0v) is 13.5. The van der Waals surface area contributed by atoms with E-state index in [1.807, 2.05) is 6.92 Å². The van der Waals surface area contributed by atoms with Crippen LogP contribution in [0, 0.1) is 6.92 Å². The lowest BCUT2D eigenvalue weighted by Gasteiger charge is -2.10. The van der Waals surface area contributed by atoms with Gasteiger partial charge in [0.15, 0.2) is 4.34 Å². The topological polar surface area (TPSA) is 80.9 Å². The molecule has 0 fully saturated rings. The number of aromatic nitrogens is 2. The standard InChI is InChI=1S/C11H10Cl2N4OS2/c1-5-16-17-11(20-5)19-4-9(18)15-10-7(13)2-6(12)3-8(10)14/h2-3H,4,14H2,1H3,(H,15,18). The molecule has 20 heavy (non-hydrogen) atoms. The zero-order valence-electron chi connectivity index (χ0n) is 10.3. The van der Waals surface area contributed by atoms with Crippen LogP contribution in [-0.4, -0.2) is 21.9 Å². The zero-order chi connectivity index (χ0) is 14.7. The quantitative estimate of drug-likeness (QED) is 0.653. The van der Waals surface area contributed by atoms with E-state index < -0.39 is 0 Å². The SMILES string of the molecule is Cc1nnc(SCC(=O)Nc2c(N)cc(Cl)cc2Cl)s1. The summed E-state index contributed by atoms with van der Waals surface area (Å²) < 4.78 is 0.743. The van der Waals surface area contributed by atoms with E-state index in [1.165, 1.54) is 35.2 Å². The van der Waals surface area contributed by atoms with Crippen LogP contribution in [0.1, 0.15) is 5.01 Å². The molecule has 106 valence electrons. The number of nitrogens with zero attached hydrogens (tertiary/aromatic N) is 2. The van der Waals surface area contributed by atoms with Gasteiger partial charge in [-0.15, -0.1) is 10.2 Å². The smallest absolute Gasteiger partial charge is 0.234 e. The Morgan fingerprint density at radius 3 is 2.80 bits per heavy atom. The molecule has 0 aliphatic carbocycles. The molecular weight excluding hydrogens is 339 g/mol. The normalized spacial score (nSPS) is 10.6. The van der Waals surface area contributed by atoms with Crippen molar-refractivity contribution in [2.24, 2.45) is 0 Å². The van der Waals surface area contributed by atoms with Crippen molar-refractivity contribution in [3.63, 3.8) is 0 Å². The molecule has 1 aromatic carbocycles. The van der Waals surface area contributed by atoms with Crippen molar-refractivity contribution in [3.05, 3.63) is 27.2 Å². The van der Waals surface area contributed by atoms with Crippen LogP contribution in [0.5, 0.6) is 0 Å². The average Bonchev–Trinajstić information content (AvgIpc) is 2.77. The molecule has 0 aliphatic heterocycles. The van der Waals surface area contributed by atoms with E-state index >= 15 is 0 Å². The number of hydrogen-bond acceptors (Lipinski definition) is 6. The van der Waals surface area contributed by atoms with E-state index in [9.17, 15) is 4.79 Å². The van der Waals surface area contributed by atoms with Crippen molar-refractivity contribution in [1.29, 1.82) is 0 Å². The number of nitrogens with one attached hydrogen (secondary N) is 1. The molecule has 0 atom stereocenters. The Morgan fingerprint density at radius 2 is 2.20 bits per heavy atom. The van der Waals surface area contributed by atoms with Crippen LogP contribution in [0.2, 0.25) is 10.0 Å². The molecule has 2 aromatic rings. The van der Waals surface area contributed by atoms with Gasteiger partial charge in [0.25, 0.3) is 0 Å². The molecule has 1 amide bonds.